The van der Waals surface area contributed by atoms with Crippen molar-refractivity contribution in [2.45, 2.75) is 12.8 Å². The van der Waals surface area contributed by atoms with E-state index in [0.717, 1.165) is 6.08 Å². The Bertz CT molecular complexity index is 342. The molecule has 0 aromatic carbocycles. The molecular formula is C8H9NO5. The van der Waals surface area contributed by atoms with Gasteiger partial charge in [0.25, 0.3) is 0 Å². The first-order valence-electron chi connectivity index (χ1n) is 3.91. The number of carbonyl (C=O) groups excluding carboxylic acids is 1. The summed E-state index contributed by atoms with van der Waals surface area (Å²) in [5.74, 6) is -0.903. The summed E-state index contributed by atoms with van der Waals surface area (Å²) in [6, 6.07) is 0. The van der Waals surface area contributed by atoms with Crippen LogP contribution in [-0.4, -0.2) is 23.1 Å². The van der Waals surface area contributed by atoms with Gasteiger partial charge in [0.1, 0.15) is 0 Å². The molecule has 0 saturated carbocycles. The van der Waals surface area contributed by atoms with Crippen molar-refractivity contribution in [2.24, 2.45) is 0 Å². The van der Waals surface area contributed by atoms with Crippen molar-refractivity contribution in [3.05, 3.63) is 33.2 Å². The van der Waals surface area contributed by atoms with Gasteiger partial charge in [-0.1, -0.05) is 0 Å². The molecular weight excluding hydrogens is 190 g/mol. The predicted molar refractivity (Wildman–Crippen MR) is 46.0 cm³/mol. The van der Waals surface area contributed by atoms with Gasteiger partial charge in [0.05, 0.1) is 12.0 Å². The van der Waals surface area contributed by atoms with Crippen LogP contribution in [0.15, 0.2) is 23.1 Å². The van der Waals surface area contributed by atoms with E-state index in [4.69, 9.17) is 5.11 Å². The number of methoxy groups -OCH3 is 1. The van der Waals surface area contributed by atoms with E-state index in [2.05, 4.69) is 4.74 Å². The molecule has 0 atom stereocenters. The van der Waals surface area contributed by atoms with E-state index < -0.39 is 16.6 Å². The number of allylic oxidation sites excluding steroid dienone is 2. The van der Waals surface area contributed by atoms with Gasteiger partial charge in [-0.2, -0.15) is 0 Å². The van der Waals surface area contributed by atoms with Crippen LogP contribution in [0.4, 0.5) is 0 Å². The van der Waals surface area contributed by atoms with Crippen LogP contribution < -0.4 is 0 Å². The van der Waals surface area contributed by atoms with E-state index >= 15 is 0 Å². The van der Waals surface area contributed by atoms with Gasteiger partial charge in [0.2, 0.25) is 0 Å². The molecule has 14 heavy (non-hydrogen) atoms. The second kappa shape index (κ2) is 3.91. The van der Waals surface area contributed by atoms with Crippen LogP contribution in [0.5, 0.6) is 0 Å². The second-order valence-corrected chi connectivity index (χ2v) is 2.75. The Hall–Kier alpha value is -1.85. The quantitative estimate of drug-likeness (QED) is 0.405. The van der Waals surface area contributed by atoms with Gasteiger partial charge in [0.15, 0.2) is 5.76 Å². The number of esters is 1. The molecule has 0 aliphatic heterocycles. The molecule has 0 saturated heterocycles. The normalized spacial score (nSPS) is 16.2. The predicted octanol–water partition coefficient (Wildman–Crippen LogP) is 0.926. The summed E-state index contributed by atoms with van der Waals surface area (Å²) < 4.78 is 4.42. The highest BCUT2D eigenvalue weighted by Gasteiger charge is 2.25. The third kappa shape index (κ3) is 1.90. The molecule has 0 heterocycles. The van der Waals surface area contributed by atoms with Crippen LogP contribution in [0.1, 0.15) is 12.8 Å². The topological polar surface area (TPSA) is 89.7 Å². The van der Waals surface area contributed by atoms with Gasteiger partial charge in [-0.25, -0.2) is 4.79 Å². The van der Waals surface area contributed by atoms with Gasteiger partial charge >= 0.3 is 11.7 Å². The van der Waals surface area contributed by atoms with Crippen LogP contribution in [0.2, 0.25) is 0 Å². The fourth-order valence-corrected chi connectivity index (χ4v) is 1.15. The molecule has 76 valence electrons. The number of hydrogen-bond donors (Lipinski definition) is 1. The maximum Gasteiger partial charge on any atom is 0.333 e. The highest BCUT2D eigenvalue weighted by molar-refractivity contribution is 5.89. The first-order chi connectivity index (χ1) is 6.56. The molecule has 0 fully saturated rings. The zero-order valence-electron chi connectivity index (χ0n) is 7.52. The molecule has 1 aliphatic rings. The Morgan fingerprint density at radius 1 is 1.64 bits per heavy atom. The van der Waals surface area contributed by atoms with Crippen molar-refractivity contribution in [1.82, 2.24) is 0 Å². The molecule has 0 unspecified atom stereocenters. The van der Waals surface area contributed by atoms with Gasteiger partial charge in [-0.05, 0) is 6.42 Å². The molecule has 1 N–H and O–H groups in total. The standard InChI is InChI=1S/C8H9NO5/c1-14-8(11)5-2-3-7(10)6(4-5)9(12)13/h4,10H,2-3H2,1H3. The van der Waals surface area contributed by atoms with E-state index in [-0.39, 0.29) is 24.2 Å². The molecule has 0 spiro atoms. The number of nitrogens with zero attached hydrogens (tertiary/aromatic N) is 1. The Morgan fingerprint density at radius 2 is 2.29 bits per heavy atom. The Morgan fingerprint density at radius 3 is 2.79 bits per heavy atom. The van der Waals surface area contributed by atoms with E-state index in [9.17, 15) is 14.9 Å². The van der Waals surface area contributed by atoms with Gasteiger partial charge < -0.3 is 9.84 Å². The summed E-state index contributed by atoms with van der Waals surface area (Å²) in [6.07, 6.45) is 1.40. The van der Waals surface area contributed by atoms with Gasteiger partial charge in [-0.3, -0.25) is 10.1 Å². The Balaban J connectivity index is 3.00. The average molecular weight is 199 g/mol. The Labute approximate surface area is 79.6 Å². The fourth-order valence-electron chi connectivity index (χ4n) is 1.15. The largest absolute Gasteiger partial charge is 0.506 e. The summed E-state index contributed by atoms with van der Waals surface area (Å²) >= 11 is 0. The number of aliphatic hydroxyl groups is 1. The molecule has 0 bridgehead atoms. The maximum absolute atomic E-state index is 11.0. The summed E-state index contributed by atoms with van der Waals surface area (Å²) in [5.41, 5.74) is -0.228. The van der Waals surface area contributed by atoms with Crippen molar-refractivity contribution in [3.63, 3.8) is 0 Å². The van der Waals surface area contributed by atoms with E-state index in [1.165, 1.54) is 7.11 Å². The SMILES string of the molecule is COC(=O)C1=CC([N+](=O)[O-])=C(O)CC1. The molecule has 6 heteroatoms. The molecule has 0 aromatic rings. The monoisotopic (exact) mass is 199 g/mol. The highest BCUT2D eigenvalue weighted by Crippen LogP contribution is 2.23. The number of hydrogen-bond acceptors (Lipinski definition) is 5. The maximum atomic E-state index is 11.0. The lowest BCUT2D eigenvalue weighted by atomic mass is 10.0. The molecule has 1 aliphatic carbocycles. The van der Waals surface area contributed by atoms with Crippen LogP contribution in [0.25, 0.3) is 0 Å². The molecule has 0 radical (unpaired) electrons. The highest BCUT2D eigenvalue weighted by atomic mass is 16.6. The first kappa shape index (κ1) is 10.2. The smallest absolute Gasteiger partial charge is 0.333 e. The summed E-state index contributed by atoms with van der Waals surface area (Å²) in [7, 11) is 1.20. The fraction of sp³-hybridized carbons (Fsp3) is 0.375. The summed E-state index contributed by atoms with van der Waals surface area (Å²) in [4.78, 5) is 20.7. The number of rotatable bonds is 2. The van der Waals surface area contributed by atoms with Crippen LogP contribution in [-0.2, 0) is 9.53 Å². The minimum Gasteiger partial charge on any atom is -0.506 e. The van der Waals surface area contributed by atoms with E-state index in [1.54, 1.807) is 0 Å². The van der Waals surface area contributed by atoms with Crippen LogP contribution in [0, 0.1) is 10.1 Å². The lowest BCUT2D eigenvalue weighted by Crippen LogP contribution is -2.12. The van der Waals surface area contributed by atoms with Crippen molar-refractivity contribution in [3.8, 4) is 0 Å². The lowest BCUT2D eigenvalue weighted by Gasteiger charge is -2.09. The van der Waals surface area contributed by atoms with Crippen molar-refractivity contribution in [1.29, 1.82) is 0 Å². The van der Waals surface area contributed by atoms with E-state index in [1.807, 2.05) is 0 Å². The molecule has 6 nitrogen and oxygen atoms in total. The minimum atomic E-state index is -0.725. The third-order valence-electron chi connectivity index (χ3n) is 1.88. The van der Waals surface area contributed by atoms with Crippen LogP contribution in [0.3, 0.4) is 0 Å². The zero-order valence-corrected chi connectivity index (χ0v) is 7.52. The van der Waals surface area contributed by atoms with Gasteiger partial charge in [0, 0.05) is 18.1 Å². The van der Waals surface area contributed by atoms with Crippen molar-refractivity contribution >= 4 is 5.97 Å². The molecule has 0 aromatic heterocycles. The summed E-state index contributed by atoms with van der Waals surface area (Å²) in [5, 5.41) is 19.6. The lowest BCUT2D eigenvalue weighted by molar-refractivity contribution is -0.422. The second-order valence-electron chi connectivity index (χ2n) is 2.75. The Kier molecular flexibility index (Phi) is 2.85. The molecule has 1 rings (SSSR count). The minimum absolute atomic E-state index is 0.0945. The zero-order chi connectivity index (χ0) is 10.7. The number of ether oxygens (including phenoxy) is 1. The van der Waals surface area contributed by atoms with Crippen molar-refractivity contribution < 1.29 is 19.6 Å². The summed E-state index contributed by atoms with van der Waals surface area (Å²) in [6.45, 7) is 0. The third-order valence-corrected chi connectivity index (χ3v) is 1.88. The van der Waals surface area contributed by atoms with Crippen molar-refractivity contribution in [2.75, 3.05) is 7.11 Å². The van der Waals surface area contributed by atoms with Gasteiger partial charge in [-0.15, -0.1) is 0 Å². The number of aliphatic hydroxyl groups excluding tert-OH is 1. The first-order valence-corrected chi connectivity index (χ1v) is 3.91. The average Bonchev–Trinajstić information content (AvgIpc) is 2.17. The number of nitro groups is 1. The number of carbonyl (C=O) groups is 1. The molecule has 0 amide bonds. The van der Waals surface area contributed by atoms with E-state index in [0.29, 0.717) is 0 Å². The van der Waals surface area contributed by atoms with Crippen LogP contribution >= 0.6 is 0 Å².